The third-order valence-electron chi connectivity index (χ3n) is 3.76. The van der Waals surface area contributed by atoms with Gasteiger partial charge in [-0.15, -0.1) is 0 Å². The van der Waals surface area contributed by atoms with E-state index in [1.165, 1.54) is 7.11 Å². The molecular weight excluding hydrogens is 304 g/mol. The van der Waals surface area contributed by atoms with Gasteiger partial charge in [0.1, 0.15) is 13.6 Å². The summed E-state index contributed by atoms with van der Waals surface area (Å²) in [5, 5.41) is 0. The zero-order valence-corrected chi connectivity index (χ0v) is 16.1. The minimum atomic E-state index is -2.04. The van der Waals surface area contributed by atoms with E-state index in [0.717, 1.165) is 51.4 Å². The van der Waals surface area contributed by atoms with Crippen LogP contribution in [0.1, 0.15) is 95.8 Å². The quantitative estimate of drug-likeness (QED) is 0.209. The van der Waals surface area contributed by atoms with Gasteiger partial charge in [-0.3, -0.25) is 0 Å². The normalized spacial score (nSPS) is 16.3. The number of hydrogen-bond donors (Lipinski definition) is 0. The molecule has 0 rings (SSSR count). The first-order valence-corrected chi connectivity index (χ1v) is 9.50. The molecule has 146 valence electrons. The predicted octanol–water partition coefficient (Wildman–Crippen LogP) is 5.69. The second kappa shape index (κ2) is 20.9. The van der Waals surface area contributed by atoms with Crippen molar-refractivity contribution in [1.29, 1.82) is 0 Å². The van der Waals surface area contributed by atoms with Crippen molar-refractivity contribution in [2.75, 3.05) is 34.4 Å². The highest BCUT2D eigenvalue weighted by Gasteiger charge is 2.08. The molecule has 0 aliphatic heterocycles. The first-order chi connectivity index (χ1) is 13.3. The van der Waals surface area contributed by atoms with E-state index in [-0.39, 0.29) is 13.2 Å². The molecule has 0 unspecified atom stereocenters. The maximum absolute atomic E-state index is 8.41. The van der Waals surface area contributed by atoms with Crippen LogP contribution in [0.25, 0.3) is 0 Å². The lowest BCUT2D eigenvalue weighted by molar-refractivity contribution is -0.0776. The van der Waals surface area contributed by atoms with Crippen LogP contribution in [-0.4, -0.2) is 40.5 Å². The van der Waals surface area contributed by atoms with Crippen LogP contribution in [0.4, 0.5) is 0 Å². The minimum Gasteiger partial charge on any atom is -0.359 e. The molecular formula is C20H42O4. The van der Waals surface area contributed by atoms with Crippen LogP contribution in [0, 0.1) is 0 Å². The Bertz CT molecular complexity index is 357. The summed E-state index contributed by atoms with van der Waals surface area (Å²) in [6.45, 7) is 3.12. The number of ether oxygens (including phenoxy) is 4. The van der Waals surface area contributed by atoms with Crippen molar-refractivity contribution >= 4 is 0 Å². The molecule has 0 aromatic heterocycles. The number of methoxy groups -OCH3 is 2. The van der Waals surface area contributed by atoms with Gasteiger partial charge in [-0.05, 0) is 19.2 Å². The zero-order chi connectivity index (χ0) is 21.3. The molecule has 0 aliphatic rings. The second-order valence-corrected chi connectivity index (χ2v) is 6.06. The Balaban J connectivity index is 4.26. The van der Waals surface area contributed by atoms with Crippen LogP contribution in [0.15, 0.2) is 0 Å². The van der Waals surface area contributed by atoms with E-state index in [9.17, 15) is 0 Å². The van der Waals surface area contributed by atoms with Crippen LogP contribution in [0.5, 0.6) is 0 Å². The maximum Gasteiger partial charge on any atom is 0.146 e. The molecule has 0 aromatic carbocycles. The van der Waals surface area contributed by atoms with Crippen molar-refractivity contribution in [2.24, 2.45) is 0 Å². The fraction of sp³-hybridized carbons (Fsp3) is 1.00. The monoisotopic (exact) mass is 350 g/mol. The van der Waals surface area contributed by atoms with E-state index in [4.69, 9.17) is 24.4 Å². The van der Waals surface area contributed by atoms with Gasteiger partial charge < -0.3 is 18.9 Å². The molecule has 0 fully saturated rings. The molecule has 0 N–H and O–H groups in total. The van der Waals surface area contributed by atoms with Crippen molar-refractivity contribution in [2.45, 2.75) is 96.4 Å². The summed E-state index contributed by atoms with van der Waals surface area (Å²) in [5.41, 5.74) is 0. The fourth-order valence-electron chi connectivity index (χ4n) is 2.38. The molecule has 0 aromatic rings. The van der Waals surface area contributed by atoms with E-state index >= 15 is 0 Å². The SMILES string of the molecule is [2H]C([2H])(CCCCCCCCOCOC)C([2H])([2H])[C@@H](CCCCC)OCOC. The Kier molecular flexibility index (Phi) is 15.0. The smallest absolute Gasteiger partial charge is 0.146 e. The highest BCUT2D eigenvalue weighted by molar-refractivity contribution is 4.59. The Morgan fingerprint density at radius 2 is 1.46 bits per heavy atom. The van der Waals surface area contributed by atoms with Gasteiger partial charge in [0.15, 0.2) is 0 Å². The van der Waals surface area contributed by atoms with Crippen molar-refractivity contribution in [3.05, 3.63) is 0 Å². The van der Waals surface area contributed by atoms with E-state index < -0.39 is 18.8 Å². The second-order valence-electron chi connectivity index (χ2n) is 6.06. The third kappa shape index (κ3) is 18.2. The topological polar surface area (TPSA) is 36.9 Å². The van der Waals surface area contributed by atoms with Gasteiger partial charge in [-0.1, -0.05) is 71.1 Å². The molecule has 4 heteroatoms. The van der Waals surface area contributed by atoms with Crippen LogP contribution in [-0.2, 0) is 18.9 Å². The molecule has 0 aliphatic carbocycles. The van der Waals surface area contributed by atoms with E-state index in [2.05, 4.69) is 6.92 Å². The summed E-state index contributed by atoms with van der Waals surface area (Å²) in [6.07, 6.45) is 4.60. The van der Waals surface area contributed by atoms with Gasteiger partial charge in [-0.25, -0.2) is 0 Å². The summed E-state index contributed by atoms with van der Waals surface area (Å²) >= 11 is 0. The summed E-state index contributed by atoms with van der Waals surface area (Å²) in [6, 6.07) is 0. The summed E-state index contributed by atoms with van der Waals surface area (Å²) < 4.78 is 54.0. The lowest BCUT2D eigenvalue weighted by Crippen LogP contribution is -2.14. The lowest BCUT2D eigenvalue weighted by atomic mass is 10.0. The van der Waals surface area contributed by atoms with Crippen molar-refractivity contribution in [3.8, 4) is 0 Å². The first-order valence-electron chi connectivity index (χ1n) is 11.5. The van der Waals surface area contributed by atoms with Gasteiger partial charge in [0, 0.05) is 26.3 Å². The first kappa shape index (κ1) is 17.3. The van der Waals surface area contributed by atoms with Crippen LogP contribution >= 0.6 is 0 Å². The molecule has 0 spiro atoms. The molecule has 1 atom stereocenters. The molecule has 0 saturated heterocycles. The Morgan fingerprint density at radius 3 is 2.12 bits per heavy atom. The third-order valence-corrected chi connectivity index (χ3v) is 3.76. The van der Waals surface area contributed by atoms with Gasteiger partial charge in [0.05, 0.1) is 6.10 Å². The van der Waals surface area contributed by atoms with E-state index in [0.29, 0.717) is 26.2 Å². The number of unbranched alkanes of at least 4 members (excludes halogenated alkanes) is 7. The molecule has 0 amide bonds. The Morgan fingerprint density at radius 1 is 0.792 bits per heavy atom. The molecule has 0 bridgehead atoms. The predicted molar refractivity (Wildman–Crippen MR) is 100 cm³/mol. The average Bonchev–Trinajstić information content (AvgIpc) is 2.65. The lowest BCUT2D eigenvalue weighted by Gasteiger charge is -2.17. The van der Waals surface area contributed by atoms with Gasteiger partial charge in [-0.2, -0.15) is 0 Å². The van der Waals surface area contributed by atoms with Crippen molar-refractivity contribution in [1.82, 2.24) is 0 Å². The fourth-order valence-corrected chi connectivity index (χ4v) is 2.38. The van der Waals surface area contributed by atoms with Crippen LogP contribution in [0.3, 0.4) is 0 Å². The van der Waals surface area contributed by atoms with Crippen LogP contribution < -0.4 is 0 Å². The molecule has 0 saturated carbocycles. The molecule has 0 heterocycles. The van der Waals surface area contributed by atoms with E-state index in [1.54, 1.807) is 7.11 Å². The van der Waals surface area contributed by atoms with E-state index in [1.807, 2.05) is 0 Å². The Hall–Kier alpha value is -0.160. The van der Waals surface area contributed by atoms with Gasteiger partial charge in [0.25, 0.3) is 0 Å². The van der Waals surface area contributed by atoms with Crippen molar-refractivity contribution in [3.63, 3.8) is 0 Å². The number of rotatable bonds is 20. The Labute approximate surface area is 156 Å². The summed E-state index contributed by atoms with van der Waals surface area (Å²) in [5.74, 6) is 0. The standard InChI is InChI=1S/C20H42O4/c1-4-5-12-15-20(24-19-22-3)16-13-10-8-6-7-9-11-14-17-23-18-21-2/h20H,4-19H2,1-3H3/t20-/m1/s1/i13D2,16D2. The molecule has 0 radical (unpaired) electrons. The molecule has 24 heavy (non-hydrogen) atoms. The highest BCUT2D eigenvalue weighted by Crippen LogP contribution is 2.16. The summed E-state index contributed by atoms with van der Waals surface area (Å²) in [4.78, 5) is 0. The number of hydrogen-bond acceptors (Lipinski definition) is 4. The zero-order valence-electron chi connectivity index (χ0n) is 20.1. The maximum atomic E-state index is 8.41. The van der Waals surface area contributed by atoms with Crippen LogP contribution in [0.2, 0.25) is 0 Å². The molecule has 4 nitrogen and oxygen atoms in total. The average molecular weight is 351 g/mol. The highest BCUT2D eigenvalue weighted by atomic mass is 16.7. The van der Waals surface area contributed by atoms with Crippen molar-refractivity contribution < 1.29 is 24.4 Å². The van der Waals surface area contributed by atoms with Gasteiger partial charge in [0.2, 0.25) is 0 Å². The summed E-state index contributed by atoms with van der Waals surface area (Å²) in [7, 11) is 3.11. The minimum absolute atomic E-state index is 0.0134. The van der Waals surface area contributed by atoms with Gasteiger partial charge >= 0.3 is 0 Å². The largest absolute Gasteiger partial charge is 0.359 e.